The Bertz CT molecular complexity index is 852. The highest BCUT2D eigenvalue weighted by atomic mass is 35.5. The highest BCUT2D eigenvalue weighted by Crippen LogP contribution is 2.32. The molecule has 0 bridgehead atoms. The molecule has 0 fully saturated rings. The standard InChI is InChI=1S/C15H19Cl2N3O2S/c1-9-13(14(17)20(5)18-9)23(21,22)19-12-7-6-10(8-11(12)16)15(2,3)4/h6-8,19H,1-5H3. The molecule has 8 heteroatoms. The van der Waals surface area contributed by atoms with Crippen LogP contribution in [0.5, 0.6) is 0 Å². The third-order valence-electron chi connectivity index (χ3n) is 3.45. The van der Waals surface area contributed by atoms with Crippen molar-refractivity contribution in [3.05, 3.63) is 39.6 Å². The van der Waals surface area contributed by atoms with Gasteiger partial charge in [-0.15, -0.1) is 0 Å². The van der Waals surface area contributed by atoms with Gasteiger partial charge in [-0.05, 0) is 30.0 Å². The Morgan fingerprint density at radius 1 is 1.22 bits per heavy atom. The normalized spacial score (nSPS) is 12.5. The third kappa shape index (κ3) is 3.65. The number of rotatable bonds is 3. The summed E-state index contributed by atoms with van der Waals surface area (Å²) >= 11 is 12.3. The second-order valence-electron chi connectivity index (χ2n) is 6.38. The lowest BCUT2D eigenvalue weighted by Gasteiger charge is -2.20. The summed E-state index contributed by atoms with van der Waals surface area (Å²) in [6.45, 7) is 7.76. The quantitative estimate of drug-likeness (QED) is 0.876. The van der Waals surface area contributed by atoms with E-state index in [1.165, 1.54) is 4.68 Å². The molecule has 126 valence electrons. The topological polar surface area (TPSA) is 64.0 Å². The van der Waals surface area contributed by atoms with Crippen LogP contribution in [-0.2, 0) is 22.5 Å². The predicted molar refractivity (Wildman–Crippen MR) is 93.9 cm³/mol. The fraction of sp³-hybridized carbons (Fsp3) is 0.400. The summed E-state index contributed by atoms with van der Waals surface area (Å²) in [7, 11) is -2.29. The first-order valence-corrected chi connectivity index (χ1v) is 9.19. The van der Waals surface area contributed by atoms with Crippen LogP contribution in [0.3, 0.4) is 0 Å². The molecule has 1 N–H and O–H groups in total. The van der Waals surface area contributed by atoms with Crippen LogP contribution in [0.15, 0.2) is 23.1 Å². The van der Waals surface area contributed by atoms with Crippen molar-refractivity contribution >= 4 is 38.9 Å². The maximum absolute atomic E-state index is 12.6. The van der Waals surface area contributed by atoms with E-state index in [1.807, 2.05) is 6.07 Å². The lowest BCUT2D eigenvalue weighted by atomic mass is 9.87. The Morgan fingerprint density at radius 2 is 1.83 bits per heavy atom. The monoisotopic (exact) mass is 375 g/mol. The van der Waals surface area contributed by atoms with E-state index in [0.717, 1.165) is 5.56 Å². The summed E-state index contributed by atoms with van der Waals surface area (Å²) < 4.78 is 29.0. The maximum Gasteiger partial charge on any atom is 0.266 e. The fourth-order valence-corrected chi connectivity index (χ4v) is 4.29. The van der Waals surface area contributed by atoms with E-state index in [1.54, 1.807) is 26.1 Å². The first-order chi connectivity index (χ1) is 10.4. The number of nitrogens with one attached hydrogen (secondary N) is 1. The number of nitrogens with zero attached hydrogens (tertiary/aromatic N) is 2. The molecular formula is C15H19Cl2N3O2S. The highest BCUT2D eigenvalue weighted by molar-refractivity contribution is 7.92. The van der Waals surface area contributed by atoms with Gasteiger partial charge in [0, 0.05) is 7.05 Å². The van der Waals surface area contributed by atoms with Crippen LogP contribution in [0.25, 0.3) is 0 Å². The van der Waals surface area contributed by atoms with E-state index in [-0.39, 0.29) is 15.5 Å². The Balaban J connectivity index is 2.42. The smallest absolute Gasteiger partial charge is 0.266 e. The Labute approximate surface area is 146 Å². The maximum atomic E-state index is 12.6. The number of hydrogen-bond donors (Lipinski definition) is 1. The number of sulfonamides is 1. The average Bonchev–Trinajstić information content (AvgIpc) is 2.64. The summed E-state index contributed by atoms with van der Waals surface area (Å²) in [4.78, 5) is -0.0439. The van der Waals surface area contributed by atoms with Gasteiger partial charge in [-0.25, -0.2) is 8.42 Å². The minimum atomic E-state index is -3.87. The van der Waals surface area contributed by atoms with Crippen molar-refractivity contribution in [2.45, 2.75) is 38.0 Å². The summed E-state index contributed by atoms with van der Waals surface area (Å²) in [5.74, 6) is 0. The van der Waals surface area contributed by atoms with Crippen LogP contribution in [0, 0.1) is 6.92 Å². The molecule has 0 spiro atoms. The van der Waals surface area contributed by atoms with Gasteiger partial charge in [0.05, 0.1) is 16.4 Å². The largest absolute Gasteiger partial charge is 0.278 e. The zero-order valence-electron chi connectivity index (χ0n) is 13.6. The van der Waals surface area contributed by atoms with Gasteiger partial charge >= 0.3 is 0 Å². The fourth-order valence-electron chi connectivity index (χ4n) is 2.18. The molecule has 1 heterocycles. The summed E-state index contributed by atoms with van der Waals surface area (Å²) in [6, 6.07) is 5.26. The number of hydrogen-bond acceptors (Lipinski definition) is 3. The van der Waals surface area contributed by atoms with Crippen LogP contribution in [0.4, 0.5) is 5.69 Å². The summed E-state index contributed by atoms with van der Waals surface area (Å²) in [6.07, 6.45) is 0. The highest BCUT2D eigenvalue weighted by Gasteiger charge is 2.26. The van der Waals surface area contributed by atoms with Gasteiger partial charge in [0.25, 0.3) is 10.0 Å². The van der Waals surface area contributed by atoms with Crippen LogP contribution in [-0.4, -0.2) is 18.2 Å². The van der Waals surface area contributed by atoms with Gasteiger partial charge in [0.15, 0.2) is 0 Å². The molecule has 0 aliphatic heterocycles. The summed E-state index contributed by atoms with van der Waals surface area (Å²) in [5.41, 5.74) is 1.57. The molecular weight excluding hydrogens is 357 g/mol. The van der Waals surface area contributed by atoms with Crippen LogP contribution in [0.2, 0.25) is 10.2 Å². The van der Waals surface area contributed by atoms with E-state index in [0.29, 0.717) is 16.4 Å². The number of aryl methyl sites for hydroxylation is 2. The number of benzene rings is 1. The Hall–Kier alpha value is -1.24. The van der Waals surface area contributed by atoms with E-state index >= 15 is 0 Å². The molecule has 5 nitrogen and oxygen atoms in total. The van der Waals surface area contributed by atoms with Crippen molar-refractivity contribution in [1.82, 2.24) is 9.78 Å². The molecule has 0 atom stereocenters. The number of halogens is 2. The van der Waals surface area contributed by atoms with E-state index in [2.05, 4.69) is 30.6 Å². The van der Waals surface area contributed by atoms with Crippen molar-refractivity contribution in [3.8, 4) is 0 Å². The Kier molecular flexibility index (Phi) is 4.72. The lowest BCUT2D eigenvalue weighted by molar-refractivity contribution is 0.590. The van der Waals surface area contributed by atoms with Crippen molar-refractivity contribution in [1.29, 1.82) is 0 Å². The second kappa shape index (κ2) is 6.00. The van der Waals surface area contributed by atoms with Crippen molar-refractivity contribution < 1.29 is 8.42 Å². The van der Waals surface area contributed by atoms with Gasteiger partial charge in [0.2, 0.25) is 0 Å². The molecule has 0 amide bonds. The molecule has 0 saturated heterocycles. The minimum absolute atomic E-state index is 0.0439. The van der Waals surface area contributed by atoms with Crippen LogP contribution in [0.1, 0.15) is 32.0 Å². The van der Waals surface area contributed by atoms with Crippen LogP contribution < -0.4 is 4.72 Å². The van der Waals surface area contributed by atoms with E-state index in [4.69, 9.17) is 23.2 Å². The molecule has 1 aromatic carbocycles. The second-order valence-corrected chi connectivity index (χ2v) is 8.76. The summed E-state index contributed by atoms with van der Waals surface area (Å²) in [5, 5.41) is 4.41. The third-order valence-corrected chi connectivity index (χ3v) is 5.82. The number of anilines is 1. The molecule has 0 radical (unpaired) electrons. The molecule has 2 rings (SSSR count). The van der Waals surface area contributed by atoms with Gasteiger partial charge in [-0.1, -0.05) is 50.0 Å². The molecule has 1 aromatic heterocycles. The van der Waals surface area contributed by atoms with Crippen molar-refractivity contribution in [3.63, 3.8) is 0 Å². The van der Waals surface area contributed by atoms with Crippen molar-refractivity contribution in [2.75, 3.05) is 4.72 Å². The van der Waals surface area contributed by atoms with Crippen molar-refractivity contribution in [2.24, 2.45) is 7.05 Å². The van der Waals surface area contributed by atoms with Gasteiger partial charge < -0.3 is 0 Å². The van der Waals surface area contributed by atoms with Crippen LogP contribution >= 0.6 is 23.2 Å². The Morgan fingerprint density at radius 3 is 2.26 bits per heavy atom. The van der Waals surface area contributed by atoms with Gasteiger partial charge in [-0.2, -0.15) is 5.10 Å². The molecule has 2 aromatic rings. The first kappa shape index (κ1) is 18.1. The number of aromatic nitrogens is 2. The van der Waals surface area contributed by atoms with Gasteiger partial charge in [-0.3, -0.25) is 9.40 Å². The SMILES string of the molecule is Cc1nn(C)c(Cl)c1S(=O)(=O)Nc1ccc(C(C)(C)C)cc1Cl. The van der Waals surface area contributed by atoms with Gasteiger partial charge in [0.1, 0.15) is 10.0 Å². The molecule has 0 unspecified atom stereocenters. The molecule has 0 aliphatic carbocycles. The zero-order valence-corrected chi connectivity index (χ0v) is 15.9. The molecule has 0 aliphatic rings. The molecule has 0 saturated carbocycles. The zero-order chi connectivity index (χ0) is 17.6. The average molecular weight is 376 g/mol. The predicted octanol–water partition coefficient (Wildman–Crippen LogP) is 4.13. The first-order valence-electron chi connectivity index (χ1n) is 6.95. The van der Waals surface area contributed by atoms with E-state index < -0.39 is 10.0 Å². The lowest BCUT2D eigenvalue weighted by Crippen LogP contribution is -2.15. The molecule has 23 heavy (non-hydrogen) atoms. The van der Waals surface area contributed by atoms with E-state index in [9.17, 15) is 8.42 Å². The minimum Gasteiger partial charge on any atom is -0.278 e.